The average Bonchev–Trinajstić information content (AvgIpc) is 3.13. The Morgan fingerprint density at radius 2 is 1.96 bits per heavy atom. The van der Waals surface area contributed by atoms with E-state index in [1.807, 2.05) is 27.1 Å². The molecule has 0 atom stereocenters. The quantitative estimate of drug-likeness (QED) is 0.698. The van der Waals surface area contributed by atoms with Crippen LogP contribution in [0.25, 0.3) is 15.9 Å². The number of benzene rings is 1. The van der Waals surface area contributed by atoms with Gasteiger partial charge in [0, 0.05) is 18.5 Å². The van der Waals surface area contributed by atoms with Crippen LogP contribution in [0.3, 0.4) is 0 Å². The number of carbonyl (C=O) groups is 1. The fourth-order valence-corrected chi connectivity index (χ4v) is 4.33. The van der Waals surface area contributed by atoms with Crippen LogP contribution in [0.1, 0.15) is 29.2 Å². The lowest BCUT2D eigenvalue weighted by Gasteiger charge is -2.28. The van der Waals surface area contributed by atoms with E-state index in [1.165, 1.54) is 23.5 Å². The smallest absolute Gasteiger partial charge is 0.261 e. The van der Waals surface area contributed by atoms with Crippen molar-refractivity contribution in [1.29, 1.82) is 0 Å². The number of fused-ring (bicyclic) bond motifs is 1. The predicted molar refractivity (Wildman–Crippen MR) is 108 cm³/mol. The number of thiophene rings is 1. The van der Waals surface area contributed by atoms with Crippen molar-refractivity contribution in [3.05, 3.63) is 46.7 Å². The molecule has 3 rings (SSSR count). The molecule has 0 aliphatic rings. The van der Waals surface area contributed by atoms with Crippen molar-refractivity contribution in [2.75, 3.05) is 27.2 Å². The zero-order valence-electron chi connectivity index (χ0n) is 16.3. The van der Waals surface area contributed by atoms with Crippen LogP contribution >= 0.6 is 11.3 Å². The van der Waals surface area contributed by atoms with E-state index >= 15 is 0 Å². The van der Waals surface area contributed by atoms with Crippen molar-refractivity contribution in [2.45, 2.75) is 20.8 Å². The van der Waals surface area contributed by atoms with Crippen molar-refractivity contribution in [1.82, 2.24) is 20.0 Å². The summed E-state index contributed by atoms with van der Waals surface area (Å²) in [4.78, 5) is 16.3. The van der Waals surface area contributed by atoms with Gasteiger partial charge in [-0.3, -0.25) is 4.79 Å². The van der Waals surface area contributed by atoms with Gasteiger partial charge in [0.05, 0.1) is 16.3 Å². The maximum Gasteiger partial charge on any atom is 0.261 e. The third kappa shape index (κ3) is 4.36. The van der Waals surface area contributed by atoms with Crippen molar-refractivity contribution < 1.29 is 9.18 Å². The highest BCUT2D eigenvalue weighted by Crippen LogP contribution is 2.30. The monoisotopic (exact) mass is 388 g/mol. The number of hydrogen-bond donors (Lipinski definition) is 1. The maximum atomic E-state index is 13.2. The van der Waals surface area contributed by atoms with Crippen molar-refractivity contribution in [3.63, 3.8) is 0 Å². The Balaban J connectivity index is 1.83. The second-order valence-electron chi connectivity index (χ2n) is 7.89. The molecule has 0 radical (unpaired) electrons. The lowest BCUT2D eigenvalue weighted by molar-refractivity contribution is 0.0933. The number of aryl methyl sites for hydroxylation is 1. The van der Waals surface area contributed by atoms with Gasteiger partial charge in [-0.2, -0.15) is 5.10 Å². The molecule has 5 nitrogen and oxygen atoms in total. The SMILES string of the molecule is Cc1nn(-c2ccc(F)cc2)c2sc(C(=O)NCC(C)(C)CN(C)C)cc12. The fraction of sp³-hybridized carbons (Fsp3) is 0.400. The van der Waals surface area contributed by atoms with Gasteiger partial charge in [-0.25, -0.2) is 9.07 Å². The predicted octanol–water partition coefficient (Wildman–Crippen LogP) is 3.85. The Labute approximate surface area is 162 Å². The molecule has 0 fully saturated rings. The van der Waals surface area contributed by atoms with E-state index in [0.29, 0.717) is 11.4 Å². The second kappa shape index (κ2) is 7.40. The summed E-state index contributed by atoms with van der Waals surface area (Å²) in [5, 5.41) is 8.53. The minimum atomic E-state index is -0.287. The van der Waals surface area contributed by atoms with E-state index in [1.54, 1.807) is 16.8 Å². The molecule has 1 N–H and O–H groups in total. The van der Waals surface area contributed by atoms with Gasteiger partial charge in [0.1, 0.15) is 10.6 Å². The zero-order chi connectivity index (χ0) is 19.8. The molecule has 0 unspecified atom stereocenters. The minimum Gasteiger partial charge on any atom is -0.351 e. The largest absolute Gasteiger partial charge is 0.351 e. The summed E-state index contributed by atoms with van der Waals surface area (Å²) < 4.78 is 15.0. The van der Waals surface area contributed by atoms with Gasteiger partial charge in [-0.05, 0) is 56.8 Å². The molecule has 7 heteroatoms. The highest BCUT2D eigenvalue weighted by Gasteiger charge is 2.22. The van der Waals surface area contributed by atoms with E-state index < -0.39 is 0 Å². The number of nitrogens with zero attached hydrogens (tertiary/aromatic N) is 3. The number of aromatic nitrogens is 2. The van der Waals surface area contributed by atoms with Gasteiger partial charge in [0.2, 0.25) is 0 Å². The molecule has 0 bridgehead atoms. The molecule has 0 aliphatic heterocycles. The molecular formula is C20H25FN4OS. The fourth-order valence-electron chi connectivity index (χ4n) is 3.24. The van der Waals surface area contributed by atoms with Crippen molar-refractivity contribution in [3.8, 4) is 5.69 Å². The molecule has 3 aromatic rings. The van der Waals surface area contributed by atoms with Crippen molar-refractivity contribution >= 4 is 27.5 Å². The number of nitrogens with one attached hydrogen (secondary N) is 1. The minimum absolute atomic E-state index is 0.0172. The Hall–Kier alpha value is -2.25. The number of hydrogen-bond acceptors (Lipinski definition) is 4. The topological polar surface area (TPSA) is 50.2 Å². The highest BCUT2D eigenvalue weighted by atomic mass is 32.1. The molecular weight excluding hydrogens is 363 g/mol. The Bertz CT molecular complexity index is 956. The molecule has 2 heterocycles. The zero-order valence-corrected chi connectivity index (χ0v) is 17.2. The van der Waals surface area contributed by atoms with Crippen LogP contribution in [0.15, 0.2) is 30.3 Å². The lowest BCUT2D eigenvalue weighted by Crippen LogP contribution is -2.39. The van der Waals surface area contributed by atoms with Gasteiger partial charge in [0.25, 0.3) is 5.91 Å². The van der Waals surface area contributed by atoms with E-state index in [0.717, 1.165) is 28.1 Å². The summed E-state index contributed by atoms with van der Waals surface area (Å²) in [5.74, 6) is -0.362. The van der Waals surface area contributed by atoms with Crippen LogP contribution in [0.4, 0.5) is 4.39 Å². The van der Waals surface area contributed by atoms with Crippen LogP contribution in [-0.4, -0.2) is 47.8 Å². The molecule has 0 aliphatic carbocycles. The van der Waals surface area contributed by atoms with E-state index in [2.05, 4.69) is 29.2 Å². The second-order valence-corrected chi connectivity index (χ2v) is 8.92. The number of amides is 1. The van der Waals surface area contributed by atoms with Crippen LogP contribution in [0.2, 0.25) is 0 Å². The van der Waals surface area contributed by atoms with Crippen LogP contribution in [0, 0.1) is 18.2 Å². The van der Waals surface area contributed by atoms with Gasteiger partial charge < -0.3 is 10.2 Å². The van der Waals surface area contributed by atoms with E-state index in [9.17, 15) is 9.18 Å². The first-order valence-electron chi connectivity index (χ1n) is 8.84. The van der Waals surface area contributed by atoms with E-state index in [4.69, 9.17) is 0 Å². The first kappa shape index (κ1) is 19.5. The number of carbonyl (C=O) groups excluding carboxylic acids is 1. The molecule has 0 saturated carbocycles. The summed E-state index contributed by atoms with van der Waals surface area (Å²) in [6.07, 6.45) is 0. The molecule has 2 aromatic heterocycles. The molecule has 0 saturated heterocycles. The lowest BCUT2D eigenvalue weighted by atomic mass is 9.93. The van der Waals surface area contributed by atoms with E-state index in [-0.39, 0.29) is 17.1 Å². The summed E-state index contributed by atoms with van der Waals surface area (Å²) in [5.41, 5.74) is 1.60. The number of rotatable bonds is 6. The first-order chi connectivity index (χ1) is 12.7. The molecule has 1 amide bonds. The van der Waals surface area contributed by atoms with Gasteiger partial charge in [-0.15, -0.1) is 11.3 Å². The first-order valence-corrected chi connectivity index (χ1v) is 9.66. The maximum absolute atomic E-state index is 13.2. The van der Waals surface area contributed by atoms with Gasteiger partial charge >= 0.3 is 0 Å². The third-order valence-electron chi connectivity index (χ3n) is 4.31. The Morgan fingerprint density at radius 1 is 1.30 bits per heavy atom. The standard InChI is InChI=1S/C20H25FN4OS/c1-13-16-10-17(18(26)22-11-20(2,3)12-24(4)5)27-19(16)25(23-13)15-8-6-14(21)7-9-15/h6-10H,11-12H2,1-5H3,(H,22,26). The normalized spacial score (nSPS) is 12.1. The summed E-state index contributed by atoms with van der Waals surface area (Å²) in [7, 11) is 4.05. The third-order valence-corrected chi connectivity index (χ3v) is 5.42. The number of halogens is 1. The van der Waals surface area contributed by atoms with Gasteiger partial charge in [0.15, 0.2) is 0 Å². The summed E-state index contributed by atoms with van der Waals surface area (Å²) >= 11 is 1.40. The molecule has 0 spiro atoms. The summed E-state index contributed by atoms with van der Waals surface area (Å²) in [6.45, 7) is 7.67. The van der Waals surface area contributed by atoms with Crippen LogP contribution in [-0.2, 0) is 0 Å². The van der Waals surface area contributed by atoms with Crippen LogP contribution in [0.5, 0.6) is 0 Å². The van der Waals surface area contributed by atoms with Gasteiger partial charge in [-0.1, -0.05) is 13.8 Å². The summed E-state index contributed by atoms with van der Waals surface area (Å²) in [6, 6.07) is 8.07. The average molecular weight is 389 g/mol. The molecule has 1 aromatic carbocycles. The van der Waals surface area contributed by atoms with Crippen LogP contribution < -0.4 is 5.32 Å². The van der Waals surface area contributed by atoms with Crippen molar-refractivity contribution in [2.24, 2.45) is 5.41 Å². The molecule has 144 valence electrons. The highest BCUT2D eigenvalue weighted by molar-refractivity contribution is 7.20. The molecule has 27 heavy (non-hydrogen) atoms. The Kier molecular flexibility index (Phi) is 5.35. The Morgan fingerprint density at radius 3 is 2.59 bits per heavy atom.